The van der Waals surface area contributed by atoms with Gasteiger partial charge in [0.1, 0.15) is 0 Å². The summed E-state index contributed by atoms with van der Waals surface area (Å²) in [6.07, 6.45) is 22.8. The molecule has 0 fully saturated rings. The molecule has 6 heteroatoms. The maximum atomic E-state index is 11.0. The van der Waals surface area contributed by atoms with Gasteiger partial charge in [0, 0.05) is 29.6 Å². The second-order valence-corrected chi connectivity index (χ2v) is 11.8. The van der Waals surface area contributed by atoms with Crippen molar-refractivity contribution in [3.05, 3.63) is 76.5 Å². The van der Waals surface area contributed by atoms with Gasteiger partial charge in [-0.15, -0.1) is 19.3 Å². The topological polar surface area (TPSA) is 88.3 Å². The fourth-order valence-electron chi connectivity index (χ4n) is 5.33. The largest absolute Gasteiger partial charge is 0.384 e. The number of hydrogen-bond donors (Lipinski definition) is 4. The minimum atomic E-state index is -1.88. The summed E-state index contributed by atoms with van der Waals surface area (Å²) in [5.74, 6) is 0.658. The predicted octanol–water partition coefficient (Wildman–Crippen LogP) is 6.66. The van der Waals surface area contributed by atoms with Crippen LogP contribution in [0.2, 0.25) is 0 Å². The summed E-state index contributed by atoms with van der Waals surface area (Å²) in [7, 11) is 0. The van der Waals surface area contributed by atoms with Gasteiger partial charge in [-0.2, -0.15) is 5.10 Å². The highest BCUT2D eigenvalue weighted by Crippen LogP contribution is 2.34. The van der Waals surface area contributed by atoms with Gasteiger partial charge >= 0.3 is 0 Å². The van der Waals surface area contributed by atoms with Crippen LogP contribution in [0.1, 0.15) is 93.2 Å². The Morgan fingerprint density at radius 1 is 1.02 bits per heavy atom. The minimum absolute atomic E-state index is 0.0135. The van der Waals surface area contributed by atoms with Crippen LogP contribution in [-0.4, -0.2) is 57.0 Å². The van der Waals surface area contributed by atoms with Crippen LogP contribution >= 0.6 is 0 Å². The standard InChI is InChI=1S/C33H47N3O3.C2H6.C2H2/c1-10-18-33(38,39)23-36(30(24(3)4)32(8,9)37)22-26-16-17-27(21-31(6,7)20-26)29-15-13-12-14-28(29)25(5)35-34-19-11-2;2*1-2/h2,12-17,20-21,34,37-39H,10,18-19,22-23H2,1,3-9H3;1-2H3;1-2H/b35-25+;;. The lowest BCUT2D eigenvalue weighted by molar-refractivity contribution is -0.176. The molecule has 236 valence electrons. The molecule has 0 spiro atoms. The molecule has 0 heterocycles. The number of hydrogen-bond acceptors (Lipinski definition) is 6. The fraction of sp³-hybridized carbons (Fsp3) is 0.486. The number of hydrazone groups is 1. The lowest BCUT2D eigenvalue weighted by Crippen LogP contribution is -2.47. The highest BCUT2D eigenvalue weighted by molar-refractivity contribution is 6.03. The van der Waals surface area contributed by atoms with Crippen molar-refractivity contribution in [1.82, 2.24) is 10.3 Å². The molecule has 0 atom stereocenters. The molecule has 1 aliphatic rings. The van der Waals surface area contributed by atoms with Crippen molar-refractivity contribution >= 4 is 11.3 Å². The van der Waals surface area contributed by atoms with Crippen molar-refractivity contribution < 1.29 is 15.3 Å². The van der Waals surface area contributed by atoms with Crippen LogP contribution in [-0.2, 0) is 0 Å². The average molecular weight is 590 g/mol. The van der Waals surface area contributed by atoms with Gasteiger partial charge in [0.2, 0.25) is 0 Å². The highest BCUT2D eigenvalue weighted by atomic mass is 16.5. The lowest BCUT2D eigenvalue weighted by Gasteiger charge is -2.39. The fourth-order valence-corrected chi connectivity index (χ4v) is 5.33. The summed E-state index contributed by atoms with van der Waals surface area (Å²) in [4.78, 5) is 1.91. The first-order valence-electron chi connectivity index (χ1n) is 15.0. The molecule has 0 saturated carbocycles. The number of terminal acetylenes is 2. The van der Waals surface area contributed by atoms with Crippen LogP contribution in [0.25, 0.3) is 5.57 Å². The van der Waals surface area contributed by atoms with Crippen molar-refractivity contribution in [3.63, 3.8) is 0 Å². The first-order chi connectivity index (χ1) is 20.1. The Balaban J connectivity index is 0.00000422. The normalized spacial score (nSPS) is 14.3. The van der Waals surface area contributed by atoms with Crippen LogP contribution in [0.15, 0.2) is 70.5 Å². The summed E-state index contributed by atoms with van der Waals surface area (Å²) in [6, 6.07) is 8.15. The molecule has 0 aromatic heterocycles. The molecular weight excluding hydrogens is 534 g/mol. The molecule has 0 amide bonds. The molecule has 0 radical (unpaired) electrons. The summed E-state index contributed by atoms with van der Waals surface area (Å²) >= 11 is 0. The molecule has 0 saturated heterocycles. The zero-order chi connectivity index (χ0) is 33.4. The summed E-state index contributed by atoms with van der Waals surface area (Å²) in [6.45, 7) is 20.3. The van der Waals surface area contributed by atoms with Crippen LogP contribution in [0.4, 0.5) is 0 Å². The molecule has 0 unspecified atom stereocenters. The summed E-state index contributed by atoms with van der Waals surface area (Å²) < 4.78 is 0. The maximum Gasteiger partial charge on any atom is 0.180 e. The average Bonchev–Trinajstić information content (AvgIpc) is 3.06. The van der Waals surface area contributed by atoms with Crippen LogP contribution in [0.3, 0.4) is 0 Å². The van der Waals surface area contributed by atoms with Gasteiger partial charge in [0.05, 0.1) is 24.4 Å². The molecule has 1 aromatic rings. The zero-order valence-corrected chi connectivity index (χ0v) is 28.1. The Hall–Kier alpha value is -3.55. The number of nitrogens with zero attached hydrogens (tertiary/aromatic N) is 2. The molecule has 2 rings (SSSR count). The Morgan fingerprint density at radius 3 is 2.16 bits per heavy atom. The van der Waals surface area contributed by atoms with Crippen molar-refractivity contribution in [2.24, 2.45) is 10.5 Å². The van der Waals surface area contributed by atoms with Crippen LogP contribution in [0.5, 0.6) is 0 Å². The Bertz CT molecular complexity index is 1240. The third kappa shape index (κ3) is 13.1. The molecule has 6 nitrogen and oxygen atoms in total. The smallest absolute Gasteiger partial charge is 0.180 e. The Morgan fingerprint density at radius 2 is 1.63 bits per heavy atom. The van der Waals surface area contributed by atoms with Gasteiger partial charge in [0.15, 0.2) is 5.79 Å². The molecule has 1 aliphatic carbocycles. The van der Waals surface area contributed by atoms with Crippen LogP contribution in [0, 0.1) is 30.6 Å². The number of nitrogens with one attached hydrogen (secondary N) is 1. The third-order valence-electron chi connectivity index (χ3n) is 6.45. The first-order valence-corrected chi connectivity index (χ1v) is 15.0. The van der Waals surface area contributed by atoms with Gasteiger partial charge in [-0.3, -0.25) is 5.43 Å². The minimum Gasteiger partial charge on any atom is -0.384 e. The van der Waals surface area contributed by atoms with E-state index in [1.54, 1.807) is 13.8 Å². The number of benzene rings is 1. The molecule has 0 aliphatic heterocycles. The van der Waals surface area contributed by atoms with E-state index in [2.05, 4.69) is 79.6 Å². The van der Waals surface area contributed by atoms with E-state index in [1.807, 2.05) is 58.6 Å². The van der Waals surface area contributed by atoms with Crippen molar-refractivity contribution in [2.75, 3.05) is 19.6 Å². The monoisotopic (exact) mass is 589 g/mol. The van der Waals surface area contributed by atoms with Gasteiger partial charge in [-0.05, 0) is 51.3 Å². The van der Waals surface area contributed by atoms with E-state index in [4.69, 9.17) is 6.42 Å². The van der Waals surface area contributed by atoms with Gasteiger partial charge in [-0.1, -0.05) is 101 Å². The van der Waals surface area contributed by atoms with E-state index in [0.29, 0.717) is 25.2 Å². The van der Waals surface area contributed by atoms with E-state index in [-0.39, 0.29) is 18.4 Å². The molecule has 1 aromatic carbocycles. The van der Waals surface area contributed by atoms with E-state index >= 15 is 0 Å². The lowest BCUT2D eigenvalue weighted by atomic mass is 9.87. The number of rotatable bonds is 12. The van der Waals surface area contributed by atoms with Gasteiger partial charge in [0.25, 0.3) is 0 Å². The predicted molar refractivity (Wildman–Crippen MR) is 184 cm³/mol. The molecule has 0 bridgehead atoms. The molecule has 43 heavy (non-hydrogen) atoms. The van der Waals surface area contributed by atoms with E-state index in [1.165, 1.54) is 0 Å². The maximum absolute atomic E-state index is 11.0. The highest BCUT2D eigenvalue weighted by Gasteiger charge is 2.33. The second-order valence-electron chi connectivity index (χ2n) is 11.8. The van der Waals surface area contributed by atoms with Crippen molar-refractivity contribution in [3.8, 4) is 25.2 Å². The zero-order valence-electron chi connectivity index (χ0n) is 28.1. The second kappa shape index (κ2) is 18.2. The number of allylic oxidation sites excluding steroid dienone is 5. The Kier molecular flexibility index (Phi) is 16.7. The van der Waals surface area contributed by atoms with Gasteiger partial charge in [-0.25, -0.2) is 0 Å². The molecular formula is C37H55N3O3. The van der Waals surface area contributed by atoms with Gasteiger partial charge < -0.3 is 20.2 Å². The SMILES string of the molecule is C#C.C#CCN/N=C(\C)c1ccccc1C1=CC(C)(C)C=C(CN(CC(O)(O)CCC)C(=C(C)C)C(C)(C)O)C=C1.CC. The van der Waals surface area contributed by atoms with Crippen molar-refractivity contribution in [2.45, 2.75) is 93.5 Å². The number of aliphatic hydroxyl groups is 3. The molecule has 4 N–H and O–H groups in total. The van der Waals surface area contributed by atoms with Crippen LogP contribution < -0.4 is 5.43 Å². The van der Waals surface area contributed by atoms with E-state index < -0.39 is 11.4 Å². The quantitative estimate of drug-likeness (QED) is 0.0720. The summed E-state index contributed by atoms with van der Waals surface area (Å²) in [5.41, 5.74) is 8.07. The van der Waals surface area contributed by atoms with Crippen molar-refractivity contribution in [1.29, 1.82) is 0 Å². The third-order valence-corrected chi connectivity index (χ3v) is 6.45. The van der Waals surface area contributed by atoms with E-state index in [9.17, 15) is 15.3 Å². The first kappa shape index (κ1) is 39.5. The summed E-state index contributed by atoms with van der Waals surface area (Å²) in [5, 5.41) is 37.0. The Labute approximate surface area is 262 Å². The van der Waals surface area contributed by atoms with E-state index in [0.717, 1.165) is 33.6 Å².